The molecule has 0 amide bonds. The monoisotopic (exact) mass is 844 g/mol. The first-order valence-electron chi connectivity index (χ1n) is 22.1. The highest BCUT2D eigenvalue weighted by Gasteiger charge is 2.25. The lowest BCUT2D eigenvalue weighted by molar-refractivity contribution is 0.668. The number of hydrogen-bond acceptors (Lipinski definition) is 6. The quantitative estimate of drug-likeness (QED) is 0.175. The van der Waals surface area contributed by atoms with Crippen LogP contribution >= 0.6 is 0 Å². The van der Waals surface area contributed by atoms with E-state index in [1.807, 2.05) is 60.7 Å². The third-order valence-electron chi connectivity index (χ3n) is 13.4. The molecule has 0 radical (unpaired) electrons. The van der Waals surface area contributed by atoms with Gasteiger partial charge in [-0.1, -0.05) is 115 Å². The highest BCUT2D eigenvalue weighted by Crippen LogP contribution is 2.45. The molecule has 0 N–H and O–H groups in total. The van der Waals surface area contributed by atoms with Crippen LogP contribution in [0.5, 0.6) is 0 Å². The minimum atomic E-state index is 0.517. The van der Waals surface area contributed by atoms with Gasteiger partial charge in [-0.25, -0.2) is 15.0 Å². The molecule has 15 rings (SSSR count). The van der Waals surface area contributed by atoms with Crippen molar-refractivity contribution in [1.29, 1.82) is 0 Å². The second-order valence-corrected chi connectivity index (χ2v) is 17.1. The van der Waals surface area contributed by atoms with Gasteiger partial charge >= 0.3 is 0 Å². The summed E-state index contributed by atoms with van der Waals surface area (Å²) in [5.41, 5.74) is 10.3. The zero-order valence-electron chi connectivity index (χ0n) is 35.0. The van der Waals surface area contributed by atoms with Crippen molar-refractivity contribution in [3.8, 4) is 39.9 Å². The summed E-state index contributed by atoms with van der Waals surface area (Å²) in [6.07, 6.45) is 0. The predicted octanol–water partition coefficient (Wildman–Crippen LogP) is 16.0. The summed E-state index contributed by atoms with van der Waals surface area (Å²) in [6, 6.07) is 67.5. The number of aromatic nitrogens is 4. The molecule has 5 heterocycles. The minimum absolute atomic E-state index is 0.517. The SMILES string of the molecule is c1ccc2cc3c(cc2c1)c1cc2ccccc2cc1n3-c1c(-c2nc(-c3ccc4c(c3)oc3ccccc34)nc(-c3ccc4c(c3)oc3ccccc34)n2)ccc2oc3ccccc3c12. The van der Waals surface area contributed by atoms with Crippen LogP contribution in [0.2, 0.25) is 0 Å². The smallest absolute Gasteiger partial charge is 0.166 e. The molecule has 0 aliphatic heterocycles. The van der Waals surface area contributed by atoms with Gasteiger partial charge in [-0.05, 0) is 100 Å². The Morgan fingerprint density at radius 3 is 1.27 bits per heavy atom. The van der Waals surface area contributed by atoms with Gasteiger partial charge in [0.1, 0.15) is 33.5 Å². The molecule has 0 spiro atoms. The second kappa shape index (κ2) is 13.2. The number of para-hydroxylation sites is 3. The van der Waals surface area contributed by atoms with E-state index in [9.17, 15) is 0 Å². The number of hydrogen-bond donors (Lipinski definition) is 0. The van der Waals surface area contributed by atoms with E-state index in [-0.39, 0.29) is 0 Å². The minimum Gasteiger partial charge on any atom is -0.456 e. The van der Waals surface area contributed by atoms with Gasteiger partial charge in [0, 0.05) is 54.4 Å². The first-order valence-corrected chi connectivity index (χ1v) is 22.1. The van der Waals surface area contributed by atoms with Crippen LogP contribution in [0.1, 0.15) is 0 Å². The summed E-state index contributed by atoms with van der Waals surface area (Å²) in [7, 11) is 0. The van der Waals surface area contributed by atoms with Crippen LogP contribution in [0, 0.1) is 0 Å². The number of rotatable bonds is 4. The number of benzene rings is 10. The molecule has 0 saturated heterocycles. The highest BCUT2D eigenvalue weighted by molar-refractivity contribution is 6.20. The van der Waals surface area contributed by atoms with Crippen LogP contribution in [0.4, 0.5) is 0 Å². The van der Waals surface area contributed by atoms with Crippen molar-refractivity contribution < 1.29 is 13.3 Å². The average molecular weight is 845 g/mol. The molecule has 7 nitrogen and oxygen atoms in total. The molecule has 0 unspecified atom stereocenters. The Kier molecular flexibility index (Phi) is 7.10. The van der Waals surface area contributed by atoms with Crippen LogP contribution in [0.3, 0.4) is 0 Å². The largest absolute Gasteiger partial charge is 0.456 e. The summed E-state index contributed by atoms with van der Waals surface area (Å²) in [6.45, 7) is 0. The molecule has 0 aliphatic carbocycles. The molecular weight excluding hydrogens is 813 g/mol. The molecule has 7 heteroatoms. The Morgan fingerprint density at radius 1 is 0.303 bits per heavy atom. The summed E-state index contributed by atoms with van der Waals surface area (Å²) >= 11 is 0. The Hall–Kier alpha value is -9.07. The van der Waals surface area contributed by atoms with E-state index in [2.05, 4.69) is 138 Å². The van der Waals surface area contributed by atoms with E-state index < -0.39 is 0 Å². The van der Waals surface area contributed by atoms with Crippen molar-refractivity contribution in [3.05, 3.63) is 194 Å². The molecule has 306 valence electrons. The van der Waals surface area contributed by atoms with E-state index in [1.54, 1.807) is 0 Å². The van der Waals surface area contributed by atoms with Crippen molar-refractivity contribution in [2.75, 3.05) is 0 Å². The molecule has 0 fully saturated rings. The zero-order valence-corrected chi connectivity index (χ0v) is 35.0. The summed E-state index contributed by atoms with van der Waals surface area (Å²) < 4.78 is 21.9. The predicted molar refractivity (Wildman–Crippen MR) is 267 cm³/mol. The van der Waals surface area contributed by atoms with Crippen molar-refractivity contribution >= 4 is 109 Å². The van der Waals surface area contributed by atoms with Gasteiger partial charge < -0.3 is 17.8 Å². The van der Waals surface area contributed by atoms with Gasteiger partial charge in [0.05, 0.1) is 22.1 Å². The van der Waals surface area contributed by atoms with Crippen molar-refractivity contribution in [2.45, 2.75) is 0 Å². The molecule has 0 aliphatic rings. The van der Waals surface area contributed by atoms with Crippen molar-refractivity contribution in [3.63, 3.8) is 0 Å². The third-order valence-corrected chi connectivity index (χ3v) is 13.4. The summed E-state index contributed by atoms with van der Waals surface area (Å²) in [4.78, 5) is 16.1. The maximum Gasteiger partial charge on any atom is 0.166 e. The standard InChI is InChI=1S/C59H32N4O3/c1-3-13-35-29-47-45(27-33(35)11-1)46-28-34-12-2-4-14-36(34)30-48(46)63(47)56-44(25-26-52-55(56)43-17-7-10-20-51(43)64-52)59-61-57(37-21-23-41-39-15-5-8-18-49(39)65-53(41)31-37)60-58(62-59)38-22-24-42-40-16-6-9-19-50(40)66-54(42)32-38/h1-32H. The summed E-state index contributed by atoms with van der Waals surface area (Å²) in [5, 5.41) is 13.1. The number of fused-ring (bicyclic) bond motifs is 14. The molecule has 15 aromatic rings. The van der Waals surface area contributed by atoms with Crippen molar-refractivity contribution in [1.82, 2.24) is 19.5 Å². The molecule has 0 atom stereocenters. The van der Waals surface area contributed by atoms with E-state index in [4.69, 9.17) is 28.2 Å². The molecule has 0 saturated carbocycles. The highest BCUT2D eigenvalue weighted by atomic mass is 16.3. The van der Waals surface area contributed by atoms with Gasteiger partial charge in [-0.3, -0.25) is 0 Å². The third kappa shape index (κ3) is 5.10. The van der Waals surface area contributed by atoms with Gasteiger partial charge in [0.2, 0.25) is 0 Å². The lowest BCUT2D eigenvalue weighted by Crippen LogP contribution is -2.04. The van der Waals surface area contributed by atoms with E-state index in [0.717, 1.165) is 121 Å². The molecule has 10 aromatic carbocycles. The maximum absolute atomic E-state index is 6.68. The second-order valence-electron chi connectivity index (χ2n) is 17.1. The summed E-state index contributed by atoms with van der Waals surface area (Å²) in [5.74, 6) is 1.55. The fourth-order valence-corrected chi connectivity index (χ4v) is 10.3. The molecule has 66 heavy (non-hydrogen) atoms. The average Bonchev–Trinajstić information content (AvgIpc) is 4.13. The van der Waals surface area contributed by atoms with Gasteiger partial charge in [0.15, 0.2) is 17.5 Å². The molecular formula is C59H32N4O3. The fraction of sp³-hybridized carbons (Fsp3) is 0. The Labute approximate surface area is 374 Å². The first kappa shape index (κ1) is 35.4. The van der Waals surface area contributed by atoms with Gasteiger partial charge in [-0.15, -0.1) is 0 Å². The molecule has 5 aromatic heterocycles. The lowest BCUT2D eigenvalue weighted by Gasteiger charge is -2.16. The van der Waals surface area contributed by atoms with E-state index in [1.165, 1.54) is 10.8 Å². The van der Waals surface area contributed by atoms with Crippen LogP contribution in [0.15, 0.2) is 207 Å². The van der Waals surface area contributed by atoms with Gasteiger partial charge in [0.25, 0.3) is 0 Å². The van der Waals surface area contributed by atoms with Crippen LogP contribution < -0.4 is 0 Å². The Balaban J connectivity index is 1.07. The van der Waals surface area contributed by atoms with Crippen LogP contribution in [-0.2, 0) is 0 Å². The number of nitrogens with zero attached hydrogens (tertiary/aromatic N) is 4. The van der Waals surface area contributed by atoms with E-state index >= 15 is 0 Å². The Morgan fingerprint density at radius 2 is 0.727 bits per heavy atom. The normalized spacial score (nSPS) is 12.2. The maximum atomic E-state index is 6.68. The van der Waals surface area contributed by atoms with Gasteiger partial charge in [-0.2, -0.15) is 0 Å². The van der Waals surface area contributed by atoms with Crippen LogP contribution in [-0.4, -0.2) is 19.5 Å². The zero-order chi connectivity index (χ0) is 43.0. The van der Waals surface area contributed by atoms with E-state index in [0.29, 0.717) is 17.5 Å². The fourth-order valence-electron chi connectivity index (χ4n) is 10.3. The van der Waals surface area contributed by atoms with Crippen LogP contribution in [0.25, 0.3) is 149 Å². The topological polar surface area (TPSA) is 83.0 Å². The molecule has 0 bridgehead atoms. The lowest BCUT2D eigenvalue weighted by atomic mass is 10.0. The van der Waals surface area contributed by atoms with Crippen molar-refractivity contribution in [2.24, 2.45) is 0 Å². The Bertz CT molecular complexity index is 4320. The number of furan rings is 3. The first-order chi connectivity index (χ1) is 32.7.